The second-order valence-electron chi connectivity index (χ2n) is 5.37. The van der Waals surface area contributed by atoms with Crippen LogP contribution >= 0.6 is 0 Å². The first-order valence-electron chi connectivity index (χ1n) is 7.66. The smallest absolute Gasteiger partial charge is 0.325 e. The van der Waals surface area contributed by atoms with Gasteiger partial charge in [-0.05, 0) is 44.2 Å². The number of carbonyl (C=O) groups is 2. The van der Waals surface area contributed by atoms with E-state index in [0.717, 1.165) is 19.3 Å². The van der Waals surface area contributed by atoms with Crippen molar-refractivity contribution in [3.05, 3.63) is 35.4 Å². The molecule has 0 spiro atoms. The molecule has 1 aliphatic rings. The zero-order valence-corrected chi connectivity index (χ0v) is 12.8. The summed E-state index contributed by atoms with van der Waals surface area (Å²) in [6.45, 7) is 4.61. The van der Waals surface area contributed by atoms with Gasteiger partial charge in [0.1, 0.15) is 6.54 Å². The molecule has 0 aliphatic heterocycles. The van der Waals surface area contributed by atoms with Crippen molar-refractivity contribution >= 4 is 11.9 Å². The summed E-state index contributed by atoms with van der Waals surface area (Å²) in [4.78, 5) is 25.8. The van der Waals surface area contributed by atoms with Crippen LogP contribution in [0, 0.1) is 5.92 Å². The number of fused-ring (bicyclic) bond motifs is 1. The highest BCUT2D eigenvalue weighted by molar-refractivity contribution is 5.84. The minimum Gasteiger partial charge on any atom is -0.465 e. The molecule has 0 saturated heterocycles. The maximum Gasteiger partial charge on any atom is 0.325 e. The number of ether oxygens (including phenoxy) is 1. The van der Waals surface area contributed by atoms with E-state index in [1.165, 1.54) is 11.1 Å². The van der Waals surface area contributed by atoms with Crippen LogP contribution in [0.3, 0.4) is 0 Å². The normalized spacial score (nSPS) is 17.0. The third-order valence-electron chi connectivity index (χ3n) is 4.01. The molecule has 114 valence electrons. The van der Waals surface area contributed by atoms with E-state index in [0.29, 0.717) is 13.2 Å². The number of benzene rings is 1. The van der Waals surface area contributed by atoms with Crippen molar-refractivity contribution in [1.29, 1.82) is 0 Å². The fraction of sp³-hybridized carbons (Fsp3) is 0.529. The molecule has 2 rings (SSSR count). The van der Waals surface area contributed by atoms with E-state index in [2.05, 4.69) is 12.1 Å². The number of carbonyl (C=O) groups excluding carboxylic acids is 2. The Morgan fingerprint density at radius 1 is 1.24 bits per heavy atom. The van der Waals surface area contributed by atoms with Crippen molar-refractivity contribution in [3.8, 4) is 0 Å². The van der Waals surface area contributed by atoms with Gasteiger partial charge in [-0.15, -0.1) is 0 Å². The lowest BCUT2D eigenvalue weighted by atomic mass is 9.83. The van der Waals surface area contributed by atoms with E-state index in [4.69, 9.17) is 4.74 Å². The van der Waals surface area contributed by atoms with E-state index >= 15 is 0 Å². The molecule has 0 bridgehead atoms. The van der Waals surface area contributed by atoms with Gasteiger partial charge in [-0.1, -0.05) is 24.3 Å². The van der Waals surface area contributed by atoms with Crippen LogP contribution in [0.4, 0.5) is 0 Å². The molecule has 21 heavy (non-hydrogen) atoms. The fourth-order valence-corrected chi connectivity index (χ4v) is 2.87. The van der Waals surface area contributed by atoms with Crippen LogP contribution in [0.2, 0.25) is 0 Å². The molecule has 4 nitrogen and oxygen atoms in total. The lowest BCUT2D eigenvalue weighted by Gasteiger charge is -2.29. The Morgan fingerprint density at radius 3 is 2.62 bits per heavy atom. The predicted octanol–water partition coefficient (Wildman–Crippen LogP) is 2.20. The Balaban J connectivity index is 2.01. The highest BCUT2D eigenvalue weighted by Gasteiger charge is 2.28. The molecule has 1 amide bonds. The van der Waals surface area contributed by atoms with Gasteiger partial charge in [0.05, 0.1) is 6.61 Å². The molecule has 1 unspecified atom stereocenters. The molecule has 0 heterocycles. The zero-order chi connectivity index (χ0) is 15.2. The summed E-state index contributed by atoms with van der Waals surface area (Å²) in [5, 5.41) is 0. The summed E-state index contributed by atoms with van der Waals surface area (Å²) in [6.07, 6.45) is 2.56. The average molecular weight is 289 g/mol. The second-order valence-corrected chi connectivity index (χ2v) is 5.37. The Bertz CT molecular complexity index is 513. The SMILES string of the molecule is CCOC(=O)CN(CC)C(=O)C1CCc2ccccc2C1. The Labute approximate surface area is 126 Å². The van der Waals surface area contributed by atoms with E-state index in [1.807, 2.05) is 19.1 Å². The van der Waals surface area contributed by atoms with Crippen LogP contribution in [-0.2, 0) is 27.2 Å². The van der Waals surface area contributed by atoms with Crippen LogP contribution in [0.5, 0.6) is 0 Å². The summed E-state index contributed by atoms with van der Waals surface area (Å²) >= 11 is 0. The highest BCUT2D eigenvalue weighted by atomic mass is 16.5. The van der Waals surface area contributed by atoms with Gasteiger partial charge < -0.3 is 9.64 Å². The molecule has 1 atom stereocenters. The summed E-state index contributed by atoms with van der Waals surface area (Å²) in [5.74, 6) is -0.279. The zero-order valence-electron chi connectivity index (χ0n) is 12.8. The Hall–Kier alpha value is -1.84. The minimum atomic E-state index is -0.330. The van der Waals surface area contributed by atoms with Crippen LogP contribution in [0.25, 0.3) is 0 Å². The van der Waals surface area contributed by atoms with Gasteiger partial charge >= 0.3 is 5.97 Å². The molecule has 1 aromatic carbocycles. The van der Waals surface area contributed by atoms with Crippen LogP contribution in [0.1, 0.15) is 31.4 Å². The molecule has 4 heteroatoms. The van der Waals surface area contributed by atoms with E-state index in [1.54, 1.807) is 11.8 Å². The molecular formula is C17H23NO3. The minimum absolute atomic E-state index is 0.0192. The van der Waals surface area contributed by atoms with Gasteiger partial charge in [-0.3, -0.25) is 9.59 Å². The molecule has 0 N–H and O–H groups in total. The number of nitrogens with zero attached hydrogens (tertiary/aromatic N) is 1. The van der Waals surface area contributed by atoms with Gasteiger partial charge in [-0.25, -0.2) is 0 Å². The topological polar surface area (TPSA) is 46.6 Å². The lowest BCUT2D eigenvalue weighted by molar-refractivity contribution is -0.150. The lowest BCUT2D eigenvalue weighted by Crippen LogP contribution is -2.41. The number of rotatable bonds is 5. The average Bonchev–Trinajstić information content (AvgIpc) is 2.51. The molecule has 0 radical (unpaired) electrons. The fourth-order valence-electron chi connectivity index (χ4n) is 2.87. The quantitative estimate of drug-likeness (QED) is 0.781. The van der Waals surface area contributed by atoms with Gasteiger partial charge in [0.25, 0.3) is 0 Å². The highest BCUT2D eigenvalue weighted by Crippen LogP contribution is 2.26. The maximum atomic E-state index is 12.6. The predicted molar refractivity (Wildman–Crippen MR) is 80.8 cm³/mol. The monoisotopic (exact) mass is 289 g/mol. The van der Waals surface area contributed by atoms with Crippen molar-refractivity contribution < 1.29 is 14.3 Å². The third kappa shape index (κ3) is 3.84. The van der Waals surface area contributed by atoms with E-state index in [-0.39, 0.29) is 24.3 Å². The van der Waals surface area contributed by atoms with Crippen LogP contribution in [0.15, 0.2) is 24.3 Å². The number of esters is 1. The van der Waals surface area contributed by atoms with Crippen molar-refractivity contribution in [2.45, 2.75) is 33.1 Å². The first kappa shape index (κ1) is 15.5. The number of hydrogen-bond acceptors (Lipinski definition) is 3. The van der Waals surface area contributed by atoms with Gasteiger partial charge in [0.2, 0.25) is 5.91 Å². The number of likely N-dealkylation sites (N-methyl/N-ethyl adjacent to an activating group) is 1. The number of aryl methyl sites for hydroxylation is 1. The van der Waals surface area contributed by atoms with E-state index in [9.17, 15) is 9.59 Å². The first-order valence-corrected chi connectivity index (χ1v) is 7.66. The van der Waals surface area contributed by atoms with E-state index < -0.39 is 0 Å². The molecule has 1 aliphatic carbocycles. The van der Waals surface area contributed by atoms with Crippen molar-refractivity contribution in [2.24, 2.45) is 5.92 Å². The van der Waals surface area contributed by atoms with Gasteiger partial charge in [-0.2, -0.15) is 0 Å². The standard InChI is InChI=1S/C17H23NO3/c1-3-18(12-16(19)21-4-2)17(20)15-10-9-13-7-5-6-8-14(13)11-15/h5-8,15H,3-4,9-12H2,1-2H3. The number of hydrogen-bond donors (Lipinski definition) is 0. The summed E-state index contributed by atoms with van der Waals surface area (Å²) in [5.41, 5.74) is 2.60. The van der Waals surface area contributed by atoms with Gasteiger partial charge in [0, 0.05) is 12.5 Å². The van der Waals surface area contributed by atoms with Crippen molar-refractivity contribution in [3.63, 3.8) is 0 Å². The first-order chi connectivity index (χ1) is 10.2. The summed E-state index contributed by atoms with van der Waals surface area (Å²) in [7, 11) is 0. The molecule has 0 fully saturated rings. The number of amides is 1. The maximum absolute atomic E-state index is 12.6. The van der Waals surface area contributed by atoms with Crippen LogP contribution in [-0.4, -0.2) is 36.5 Å². The molecular weight excluding hydrogens is 266 g/mol. The molecule has 0 saturated carbocycles. The summed E-state index contributed by atoms with van der Waals surface area (Å²) in [6, 6.07) is 8.28. The Kier molecular flexibility index (Phi) is 5.37. The van der Waals surface area contributed by atoms with Crippen molar-refractivity contribution in [1.82, 2.24) is 4.90 Å². The largest absolute Gasteiger partial charge is 0.465 e. The Morgan fingerprint density at radius 2 is 1.95 bits per heavy atom. The van der Waals surface area contributed by atoms with Gasteiger partial charge in [0.15, 0.2) is 0 Å². The molecule has 0 aromatic heterocycles. The van der Waals surface area contributed by atoms with Crippen molar-refractivity contribution in [2.75, 3.05) is 19.7 Å². The third-order valence-corrected chi connectivity index (χ3v) is 4.01. The molecule has 1 aromatic rings. The summed E-state index contributed by atoms with van der Waals surface area (Å²) < 4.78 is 4.94. The second kappa shape index (κ2) is 7.25. The van der Waals surface area contributed by atoms with Crippen LogP contribution < -0.4 is 0 Å².